The van der Waals surface area contributed by atoms with E-state index in [9.17, 15) is 9.59 Å². The quantitative estimate of drug-likeness (QED) is 0.583. The van der Waals surface area contributed by atoms with Crippen LogP contribution in [0.5, 0.6) is 0 Å². The molecule has 8 nitrogen and oxygen atoms in total. The van der Waals surface area contributed by atoms with Crippen molar-refractivity contribution in [1.82, 2.24) is 24.9 Å². The summed E-state index contributed by atoms with van der Waals surface area (Å²) in [4.78, 5) is 29.9. The van der Waals surface area contributed by atoms with Gasteiger partial charge in [0.2, 0.25) is 5.91 Å². The number of carbonyl (C=O) groups excluding carboxylic acids is 2. The first-order valence-electron chi connectivity index (χ1n) is 13.5. The van der Waals surface area contributed by atoms with Crippen LogP contribution in [0, 0.1) is 6.92 Å². The van der Waals surface area contributed by atoms with Crippen LogP contribution in [0.3, 0.4) is 0 Å². The predicted molar refractivity (Wildman–Crippen MR) is 134 cm³/mol. The van der Waals surface area contributed by atoms with Crippen LogP contribution >= 0.6 is 0 Å². The van der Waals surface area contributed by atoms with Gasteiger partial charge in [-0.25, -0.2) is 0 Å². The van der Waals surface area contributed by atoms with Gasteiger partial charge in [0.05, 0.1) is 5.69 Å². The Morgan fingerprint density at radius 3 is 2.69 bits per heavy atom. The zero-order valence-electron chi connectivity index (χ0n) is 21.3. The maximum Gasteiger partial charge on any atom is 0.289 e. The summed E-state index contributed by atoms with van der Waals surface area (Å²) in [5.41, 5.74) is 3.78. The Labute approximate surface area is 208 Å². The number of carbonyl (C=O) groups is 2. The smallest absolute Gasteiger partial charge is 0.289 e. The van der Waals surface area contributed by atoms with Crippen molar-refractivity contribution < 1.29 is 14.0 Å². The molecule has 2 aromatic rings. The van der Waals surface area contributed by atoms with E-state index >= 15 is 0 Å². The third-order valence-electron chi connectivity index (χ3n) is 8.02. The molecule has 2 aliphatic carbocycles. The second kappa shape index (κ2) is 10.6. The average Bonchev–Trinajstić information content (AvgIpc) is 3.60. The van der Waals surface area contributed by atoms with E-state index in [1.165, 1.54) is 32.1 Å². The van der Waals surface area contributed by atoms with E-state index in [2.05, 4.69) is 17.3 Å². The van der Waals surface area contributed by atoms with Crippen LogP contribution in [0.1, 0.15) is 78.8 Å². The molecule has 0 spiro atoms. The molecule has 1 saturated carbocycles. The molecule has 0 aromatic carbocycles. The van der Waals surface area contributed by atoms with Crippen LogP contribution in [-0.2, 0) is 24.2 Å². The maximum absolute atomic E-state index is 13.0. The number of fused-ring (bicyclic) bond motifs is 3. The molecule has 3 heterocycles. The van der Waals surface area contributed by atoms with Gasteiger partial charge in [0.25, 0.3) is 5.91 Å². The highest BCUT2D eigenvalue weighted by Gasteiger charge is 2.32. The van der Waals surface area contributed by atoms with Gasteiger partial charge < -0.3 is 19.5 Å². The average molecular weight is 482 g/mol. The van der Waals surface area contributed by atoms with E-state index in [1.54, 1.807) is 4.68 Å². The molecule has 35 heavy (non-hydrogen) atoms. The summed E-state index contributed by atoms with van der Waals surface area (Å²) in [5, 5.41) is 7.80. The van der Waals surface area contributed by atoms with Crippen molar-refractivity contribution in [2.75, 3.05) is 33.2 Å². The molecule has 8 heteroatoms. The van der Waals surface area contributed by atoms with Crippen LogP contribution in [0.15, 0.2) is 10.6 Å². The minimum absolute atomic E-state index is 0.0103. The Morgan fingerprint density at radius 2 is 1.91 bits per heavy atom. The molecule has 2 fully saturated rings. The van der Waals surface area contributed by atoms with Gasteiger partial charge in [-0.1, -0.05) is 19.3 Å². The van der Waals surface area contributed by atoms with Crippen LogP contribution in [0.4, 0.5) is 0 Å². The summed E-state index contributed by atoms with van der Waals surface area (Å²) in [7, 11) is 2.21. The van der Waals surface area contributed by atoms with Gasteiger partial charge >= 0.3 is 0 Å². The molecule has 190 valence electrons. The largest absolute Gasteiger partial charge is 0.455 e. The topological polar surface area (TPSA) is 83.6 Å². The highest BCUT2D eigenvalue weighted by atomic mass is 16.4. The van der Waals surface area contributed by atoms with Gasteiger partial charge in [0.1, 0.15) is 12.3 Å². The number of furan rings is 1. The highest BCUT2D eigenvalue weighted by Crippen LogP contribution is 2.38. The zero-order chi connectivity index (χ0) is 24.4. The molecule has 0 bridgehead atoms. The van der Waals surface area contributed by atoms with Gasteiger partial charge in [-0.05, 0) is 64.6 Å². The molecule has 1 saturated heterocycles. The third-order valence-corrected chi connectivity index (χ3v) is 8.02. The van der Waals surface area contributed by atoms with Crippen molar-refractivity contribution in [3.63, 3.8) is 0 Å². The summed E-state index contributed by atoms with van der Waals surface area (Å²) in [5.74, 6) is 1.27. The van der Waals surface area contributed by atoms with Gasteiger partial charge in [-0.3, -0.25) is 14.3 Å². The van der Waals surface area contributed by atoms with Gasteiger partial charge in [-0.2, -0.15) is 5.10 Å². The summed E-state index contributed by atoms with van der Waals surface area (Å²) >= 11 is 0. The summed E-state index contributed by atoms with van der Waals surface area (Å²) in [6.07, 6.45) is 13.3. The summed E-state index contributed by atoms with van der Waals surface area (Å²) < 4.78 is 7.80. The molecule has 2 aromatic heterocycles. The number of hydrogen-bond donors (Lipinski definition) is 1. The molecular formula is C27H39N5O3. The summed E-state index contributed by atoms with van der Waals surface area (Å²) in [6, 6.07) is 0.706. The second-order valence-corrected chi connectivity index (χ2v) is 10.5. The van der Waals surface area contributed by atoms with E-state index in [-0.39, 0.29) is 18.4 Å². The molecule has 0 radical (unpaired) electrons. The lowest BCUT2D eigenvalue weighted by atomic mass is 9.93. The van der Waals surface area contributed by atoms with E-state index < -0.39 is 0 Å². The minimum Gasteiger partial charge on any atom is -0.455 e. The lowest BCUT2D eigenvalue weighted by Gasteiger charge is -2.31. The first-order valence-corrected chi connectivity index (χ1v) is 13.5. The van der Waals surface area contributed by atoms with E-state index in [4.69, 9.17) is 9.52 Å². The highest BCUT2D eigenvalue weighted by molar-refractivity contribution is 5.95. The minimum atomic E-state index is -0.0146. The molecule has 3 aliphatic rings. The van der Waals surface area contributed by atoms with Crippen molar-refractivity contribution >= 4 is 11.8 Å². The number of aryl methyl sites for hydroxylation is 2. The fourth-order valence-corrected chi connectivity index (χ4v) is 5.98. The van der Waals surface area contributed by atoms with Crippen LogP contribution in [0.2, 0.25) is 0 Å². The Balaban J connectivity index is 1.17. The van der Waals surface area contributed by atoms with E-state index in [0.29, 0.717) is 18.3 Å². The monoisotopic (exact) mass is 481 g/mol. The van der Waals surface area contributed by atoms with E-state index in [1.807, 2.05) is 18.0 Å². The standard InChI is InChI=1S/C27H39N5O3/c1-19-24-22(35-26(19)27(34)31-15-6-7-16-31)12-11-20-17-32(29-25(20)24)18-23(33)28-13-8-14-30(2)21-9-4-3-5-10-21/h17,21H,3-16,18H2,1-2H3,(H,28,33). The first kappa shape index (κ1) is 24.1. The van der Waals surface area contributed by atoms with Crippen LogP contribution in [0.25, 0.3) is 11.3 Å². The number of aromatic nitrogens is 2. The number of hydrogen-bond acceptors (Lipinski definition) is 5. The van der Waals surface area contributed by atoms with Crippen molar-refractivity contribution in [2.24, 2.45) is 0 Å². The molecule has 1 aliphatic heterocycles. The molecule has 0 atom stereocenters. The van der Waals surface area contributed by atoms with Crippen molar-refractivity contribution in [1.29, 1.82) is 0 Å². The number of amides is 2. The molecule has 5 rings (SSSR count). The van der Waals surface area contributed by atoms with E-state index in [0.717, 1.165) is 79.9 Å². The lowest BCUT2D eigenvalue weighted by Crippen LogP contribution is -2.36. The van der Waals surface area contributed by atoms with Crippen LogP contribution in [-0.4, -0.2) is 70.7 Å². The molecule has 2 amide bonds. The second-order valence-electron chi connectivity index (χ2n) is 10.5. The van der Waals surface area contributed by atoms with Gasteiger partial charge in [0, 0.05) is 49.4 Å². The van der Waals surface area contributed by atoms with Crippen molar-refractivity contribution in [3.05, 3.63) is 28.8 Å². The number of nitrogens with one attached hydrogen (secondary N) is 1. The maximum atomic E-state index is 13.0. The van der Waals surface area contributed by atoms with Crippen molar-refractivity contribution in [3.8, 4) is 11.3 Å². The fourth-order valence-electron chi connectivity index (χ4n) is 5.98. The Hall–Kier alpha value is -2.61. The number of likely N-dealkylation sites (tertiary alicyclic amines) is 1. The molecular weight excluding hydrogens is 442 g/mol. The molecule has 0 unspecified atom stereocenters. The Morgan fingerprint density at radius 1 is 1.14 bits per heavy atom. The normalized spacial score (nSPS) is 18.1. The number of rotatable bonds is 8. The van der Waals surface area contributed by atoms with Gasteiger partial charge in [0.15, 0.2) is 5.76 Å². The Bertz CT molecular complexity index is 1060. The van der Waals surface area contributed by atoms with Crippen LogP contribution < -0.4 is 5.32 Å². The molecule has 1 N–H and O–H groups in total. The fraction of sp³-hybridized carbons (Fsp3) is 0.667. The van der Waals surface area contributed by atoms with Gasteiger partial charge in [-0.15, -0.1) is 0 Å². The SMILES string of the molecule is Cc1c(C(=O)N2CCCC2)oc2c1-c1nn(CC(=O)NCCCN(C)C3CCCCC3)cc1CC2. The lowest BCUT2D eigenvalue weighted by molar-refractivity contribution is -0.121. The Kier molecular flexibility index (Phi) is 7.27. The first-order chi connectivity index (χ1) is 17.0. The predicted octanol–water partition coefficient (Wildman–Crippen LogP) is 3.56. The number of nitrogens with zero attached hydrogens (tertiary/aromatic N) is 4. The third kappa shape index (κ3) is 5.17. The summed E-state index contributed by atoms with van der Waals surface area (Å²) in [6.45, 7) is 5.46. The van der Waals surface area contributed by atoms with Crippen molar-refractivity contribution in [2.45, 2.75) is 83.7 Å². The zero-order valence-corrected chi connectivity index (χ0v) is 21.3.